The zero-order valence-electron chi connectivity index (χ0n) is 10.1. The molecule has 0 saturated carbocycles. The number of rotatable bonds is 3. The van der Waals surface area contributed by atoms with Gasteiger partial charge in [-0.2, -0.15) is 0 Å². The first-order valence-electron chi connectivity index (χ1n) is 5.68. The van der Waals surface area contributed by atoms with Gasteiger partial charge in [0.25, 0.3) is 0 Å². The summed E-state index contributed by atoms with van der Waals surface area (Å²) in [7, 11) is 0. The summed E-state index contributed by atoms with van der Waals surface area (Å²) in [6.45, 7) is 0.124. The predicted octanol–water partition coefficient (Wildman–Crippen LogP) is 0.738. The zero-order valence-corrected chi connectivity index (χ0v) is 10.1. The van der Waals surface area contributed by atoms with E-state index in [4.69, 9.17) is 5.11 Å². The molecule has 1 aliphatic heterocycles. The Morgan fingerprint density at radius 2 is 2.00 bits per heavy atom. The molecule has 2 amide bonds. The third kappa shape index (κ3) is 2.73. The molecule has 1 aliphatic rings. The van der Waals surface area contributed by atoms with Crippen LogP contribution in [-0.4, -0.2) is 29.4 Å². The monoisotopic (exact) mass is 284 g/mol. The SMILES string of the molecule is O=C1CC(C(=O)Nc2cc(C(=O)O)c(F)cc2F)CN1. The van der Waals surface area contributed by atoms with Gasteiger partial charge in [0, 0.05) is 19.0 Å². The van der Waals surface area contributed by atoms with Crippen LogP contribution in [-0.2, 0) is 9.59 Å². The summed E-state index contributed by atoms with van der Waals surface area (Å²) in [5.74, 6) is -5.49. The maximum absolute atomic E-state index is 13.5. The van der Waals surface area contributed by atoms with E-state index in [0.717, 1.165) is 0 Å². The van der Waals surface area contributed by atoms with Crippen LogP contribution in [0.15, 0.2) is 12.1 Å². The van der Waals surface area contributed by atoms with E-state index in [1.165, 1.54) is 0 Å². The Balaban J connectivity index is 2.20. The average Bonchev–Trinajstić information content (AvgIpc) is 2.79. The molecule has 1 fully saturated rings. The molecule has 1 unspecified atom stereocenters. The van der Waals surface area contributed by atoms with Crippen molar-refractivity contribution in [1.29, 1.82) is 0 Å². The van der Waals surface area contributed by atoms with E-state index in [2.05, 4.69) is 10.6 Å². The number of carboxylic acid groups (broad SMARTS) is 1. The number of carbonyl (C=O) groups is 3. The third-order valence-corrected chi connectivity index (χ3v) is 2.89. The molecular weight excluding hydrogens is 274 g/mol. The topological polar surface area (TPSA) is 95.5 Å². The highest BCUT2D eigenvalue weighted by molar-refractivity contribution is 5.98. The summed E-state index contributed by atoms with van der Waals surface area (Å²) in [6, 6.07) is 1.09. The molecule has 20 heavy (non-hydrogen) atoms. The normalized spacial score (nSPS) is 17.7. The van der Waals surface area contributed by atoms with E-state index >= 15 is 0 Å². The lowest BCUT2D eigenvalue weighted by Gasteiger charge is -2.11. The second-order valence-corrected chi connectivity index (χ2v) is 4.31. The highest BCUT2D eigenvalue weighted by atomic mass is 19.1. The number of hydrogen-bond donors (Lipinski definition) is 3. The van der Waals surface area contributed by atoms with Gasteiger partial charge in [-0.3, -0.25) is 9.59 Å². The van der Waals surface area contributed by atoms with Gasteiger partial charge in [0.2, 0.25) is 11.8 Å². The van der Waals surface area contributed by atoms with Crippen LogP contribution < -0.4 is 10.6 Å². The summed E-state index contributed by atoms with van der Waals surface area (Å²) in [6.07, 6.45) is -0.0273. The van der Waals surface area contributed by atoms with Crippen molar-refractivity contribution in [2.24, 2.45) is 5.92 Å². The molecule has 1 heterocycles. The van der Waals surface area contributed by atoms with E-state index in [1.807, 2.05) is 0 Å². The molecule has 1 aromatic carbocycles. The number of hydrogen-bond acceptors (Lipinski definition) is 3. The fraction of sp³-hybridized carbons (Fsp3) is 0.250. The molecule has 0 radical (unpaired) electrons. The number of carbonyl (C=O) groups excluding carboxylic acids is 2. The van der Waals surface area contributed by atoms with Crippen molar-refractivity contribution in [3.8, 4) is 0 Å². The summed E-state index contributed by atoms with van der Waals surface area (Å²) in [5, 5.41) is 13.3. The first kappa shape index (κ1) is 13.9. The van der Waals surface area contributed by atoms with Crippen LogP contribution in [0.3, 0.4) is 0 Å². The van der Waals surface area contributed by atoms with E-state index in [0.29, 0.717) is 12.1 Å². The van der Waals surface area contributed by atoms with E-state index in [9.17, 15) is 23.2 Å². The number of nitrogens with one attached hydrogen (secondary N) is 2. The Labute approximate surface area is 111 Å². The van der Waals surface area contributed by atoms with Crippen molar-refractivity contribution in [2.75, 3.05) is 11.9 Å². The first-order chi connectivity index (χ1) is 9.38. The van der Waals surface area contributed by atoms with Crippen molar-refractivity contribution < 1.29 is 28.3 Å². The largest absolute Gasteiger partial charge is 0.478 e. The molecule has 1 atom stereocenters. The molecular formula is C12H10F2N2O4. The van der Waals surface area contributed by atoms with E-state index in [1.54, 1.807) is 0 Å². The van der Waals surface area contributed by atoms with E-state index < -0.39 is 40.7 Å². The third-order valence-electron chi connectivity index (χ3n) is 2.89. The lowest BCUT2D eigenvalue weighted by atomic mass is 10.1. The fourth-order valence-electron chi connectivity index (χ4n) is 1.83. The Morgan fingerprint density at radius 1 is 1.30 bits per heavy atom. The van der Waals surface area contributed by atoms with Crippen molar-refractivity contribution in [2.45, 2.75) is 6.42 Å². The molecule has 0 bridgehead atoms. The Hall–Kier alpha value is -2.51. The fourth-order valence-corrected chi connectivity index (χ4v) is 1.83. The van der Waals surface area contributed by atoms with Gasteiger partial charge < -0.3 is 15.7 Å². The second kappa shape index (κ2) is 5.24. The molecule has 106 valence electrons. The summed E-state index contributed by atoms with van der Waals surface area (Å²) in [4.78, 5) is 33.5. The van der Waals surface area contributed by atoms with Crippen molar-refractivity contribution in [3.63, 3.8) is 0 Å². The van der Waals surface area contributed by atoms with Crippen LogP contribution in [0.2, 0.25) is 0 Å². The molecule has 0 aliphatic carbocycles. The van der Waals surface area contributed by atoms with Gasteiger partial charge in [0.15, 0.2) is 0 Å². The van der Waals surface area contributed by atoms with Gasteiger partial charge in [0.05, 0.1) is 17.2 Å². The Bertz CT molecular complexity index is 603. The van der Waals surface area contributed by atoms with Gasteiger partial charge in [-0.25, -0.2) is 13.6 Å². The maximum atomic E-state index is 13.5. The van der Waals surface area contributed by atoms with Gasteiger partial charge >= 0.3 is 5.97 Å². The minimum atomic E-state index is -1.57. The highest BCUT2D eigenvalue weighted by Gasteiger charge is 2.28. The quantitative estimate of drug-likeness (QED) is 0.762. The van der Waals surface area contributed by atoms with Crippen LogP contribution in [0.1, 0.15) is 16.8 Å². The molecule has 1 aromatic rings. The lowest BCUT2D eigenvalue weighted by molar-refractivity contribution is -0.123. The predicted molar refractivity (Wildman–Crippen MR) is 63.1 cm³/mol. The molecule has 2 rings (SSSR count). The lowest BCUT2D eigenvalue weighted by Crippen LogP contribution is -2.25. The molecule has 1 saturated heterocycles. The number of halogens is 2. The molecule has 0 spiro atoms. The first-order valence-corrected chi connectivity index (χ1v) is 5.68. The zero-order chi connectivity index (χ0) is 14.9. The van der Waals surface area contributed by atoms with Gasteiger partial charge in [0.1, 0.15) is 11.6 Å². The average molecular weight is 284 g/mol. The Morgan fingerprint density at radius 3 is 2.55 bits per heavy atom. The van der Waals surface area contributed by atoms with Gasteiger partial charge in [-0.1, -0.05) is 0 Å². The maximum Gasteiger partial charge on any atom is 0.338 e. The van der Waals surface area contributed by atoms with E-state index in [-0.39, 0.29) is 18.9 Å². The van der Waals surface area contributed by atoms with Crippen LogP contribution in [0.25, 0.3) is 0 Å². The molecule has 0 aromatic heterocycles. The molecule has 6 nitrogen and oxygen atoms in total. The van der Waals surface area contributed by atoms with Crippen LogP contribution in [0.4, 0.5) is 14.5 Å². The Kier molecular flexibility index (Phi) is 3.64. The molecule has 8 heteroatoms. The number of amides is 2. The van der Waals surface area contributed by atoms with Crippen LogP contribution in [0, 0.1) is 17.6 Å². The summed E-state index contributed by atoms with van der Waals surface area (Å²) < 4.78 is 26.7. The summed E-state index contributed by atoms with van der Waals surface area (Å²) in [5.41, 5.74) is -1.18. The standard InChI is InChI=1S/C12H10F2N2O4/c13-7-3-8(14)9(2-6(7)12(19)20)16-11(18)5-1-10(17)15-4-5/h2-3,5H,1,4H2,(H,15,17)(H,16,18)(H,19,20). The smallest absolute Gasteiger partial charge is 0.338 e. The number of benzene rings is 1. The minimum Gasteiger partial charge on any atom is -0.478 e. The van der Waals surface area contributed by atoms with Crippen molar-refractivity contribution >= 4 is 23.5 Å². The van der Waals surface area contributed by atoms with Crippen LogP contribution in [0.5, 0.6) is 0 Å². The summed E-state index contributed by atoms with van der Waals surface area (Å²) >= 11 is 0. The van der Waals surface area contributed by atoms with Crippen molar-refractivity contribution in [1.82, 2.24) is 5.32 Å². The minimum absolute atomic E-state index is 0.0273. The van der Waals surface area contributed by atoms with Gasteiger partial charge in [-0.05, 0) is 6.07 Å². The van der Waals surface area contributed by atoms with Crippen molar-refractivity contribution in [3.05, 3.63) is 29.3 Å². The van der Waals surface area contributed by atoms with Crippen LogP contribution >= 0.6 is 0 Å². The second-order valence-electron chi connectivity index (χ2n) is 4.31. The highest BCUT2D eigenvalue weighted by Crippen LogP contribution is 2.21. The number of anilines is 1. The molecule has 3 N–H and O–H groups in total. The number of carboxylic acids is 1. The number of aromatic carboxylic acids is 1. The van der Waals surface area contributed by atoms with Gasteiger partial charge in [-0.15, -0.1) is 0 Å².